The Hall–Kier alpha value is -1.51. The largest absolute Gasteiger partial charge is 0.508 e. The maximum Gasteiger partial charge on any atom is 0.251 e. The predicted octanol–water partition coefficient (Wildman–Crippen LogP) is 2.62. The van der Waals surface area contributed by atoms with Gasteiger partial charge >= 0.3 is 0 Å². The number of phenols is 1. The summed E-state index contributed by atoms with van der Waals surface area (Å²) in [6, 6.07) is 5.02. The fraction of sp³-hybridized carbons (Fsp3) is 0.500. The molecule has 1 fully saturated rings. The van der Waals surface area contributed by atoms with E-state index in [0.29, 0.717) is 5.56 Å². The van der Waals surface area contributed by atoms with Gasteiger partial charge in [-0.25, -0.2) is 0 Å². The normalized spacial score (nSPS) is 17.3. The van der Waals surface area contributed by atoms with Crippen LogP contribution >= 0.6 is 0 Å². The molecule has 0 radical (unpaired) electrons. The molecule has 0 saturated heterocycles. The van der Waals surface area contributed by atoms with Crippen LogP contribution < -0.4 is 5.32 Å². The van der Waals surface area contributed by atoms with Gasteiger partial charge in [-0.1, -0.05) is 19.4 Å². The minimum Gasteiger partial charge on any atom is -0.508 e. The van der Waals surface area contributed by atoms with Crippen molar-refractivity contribution < 1.29 is 9.90 Å². The fourth-order valence-electron chi connectivity index (χ4n) is 2.10. The lowest BCUT2D eigenvalue weighted by molar-refractivity contribution is 0.0890. The van der Waals surface area contributed by atoms with E-state index in [9.17, 15) is 9.90 Å². The van der Waals surface area contributed by atoms with Gasteiger partial charge in [-0.3, -0.25) is 4.79 Å². The lowest BCUT2D eigenvalue weighted by Crippen LogP contribution is -2.39. The van der Waals surface area contributed by atoms with Crippen molar-refractivity contribution >= 4 is 5.91 Å². The topological polar surface area (TPSA) is 49.3 Å². The monoisotopic (exact) mass is 233 g/mol. The number of rotatable bonds is 3. The lowest BCUT2D eigenvalue weighted by Gasteiger charge is -2.38. The number of hydrogen-bond acceptors (Lipinski definition) is 2. The van der Waals surface area contributed by atoms with Crippen LogP contribution in [0.3, 0.4) is 0 Å². The minimum atomic E-state index is -0.103. The number of carbonyl (C=O) groups excluding carboxylic acids is 1. The highest BCUT2D eigenvalue weighted by Crippen LogP contribution is 2.39. The van der Waals surface area contributed by atoms with E-state index in [1.165, 1.54) is 25.3 Å². The summed E-state index contributed by atoms with van der Waals surface area (Å²) in [5, 5.41) is 12.5. The van der Waals surface area contributed by atoms with Gasteiger partial charge in [0.15, 0.2) is 0 Å². The number of phenolic OH excluding ortho intramolecular Hbond substituents is 1. The SMILES string of the molecule is Cc1ccc(C(=O)NCC2(C)CCC2)cc1O. The first-order valence-electron chi connectivity index (χ1n) is 6.08. The van der Waals surface area contributed by atoms with Gasteiger partial charge in [0.05, 0.1) is 0 Å². The molecule has 3 nitrogen and oxygen atoms in total. The van der Waals surface area contributed by atoms with Gasteiger partial charge in [0.1, 0.15) is 5.75 Å². The molecule has 92 valence electrons. The van der Waals surface area contributed by atoms with Gasteiger partial charge in [0, 0.05) is 12.1 Å². The zero-order chi connectivity index (χ0) is 12.5. The first-order valence-corrected chi connectivity index (χ1v) is 6.08. The molecule has 2 N–H and O–H groups in total. The quantitative estimate of drug-likeness (QED) is 0.843. The number of hydrogen-bond donors (Lipinski definition) is 2. The van der Waals surface area contributed by atoms with Crippen LogP contribution in [0, 0.1) is 12.3 Å². The van der Waals surface area contributed by atoms with Crippen LogP contribution in [0.25, 0.3) is 0 Å². The maximum absolute atomic E-state index is 11.9. The molecule has 0 atom stereocenters. The van der Waals surface area contributed by atoms with Gasteiger partial charge in [-0.2, -0.15) is 0 Å². The Bertz CT molecular complexity index is 436. The zero-order valence-electron chi connectivity index (χ0n) is 10.4. The highest BCUT2D eigenvalue weighted by molar-refractivity contribution is 5.94. The van der Waals surface area contributed by atoms with E-state index in [0.717, 1.165) is 12.1 Å². The second kappa shape index (κ2) is 4.40. The maximum atomic E-state index is 11.9. The van der Waals surface area contributed by atoms with Crippen LogP contribution in [-0.2, 0) is 0 Å². The molecule has 0 spiro atoms. The molecule has 1 amide bonds. The molecule has 0 heterocycles. The second-order valence-corrected chi connectivity index (χ2v) is 5.35. The van der Waals surface area contributed by atoms with Crippen molar-refractivity contribution in [1.29, 1.82) is 0 Å². The molecule has 0 bridgehead atoms. The molecule has 1 aliphatic rings. The first-order chi connectivity index (χ1) is 8.00. The average Bonchev–Trinajstić information content (AvgIpc) is 2.27. The number of nitrogens with one attached hydrogen (secondary N) is 1. The summed E-state index contributed by atoms with van der Waals surface area (Å²) in [5.74, 6) is 0.0703. The molecule has 2 rings (SSSR count). The fourth-order valence-corrected chi connectivity index (χ4v) is 2.10. The first kappa shape index (κ1) is 12.0. The minimum absolute atomic E-state index is 0.103. The van der Waals surface area contributed by atoms with Gasteiger partial charge in [0.25, 0.3) is 5.91 Å². The van der Waals surface area contributed by atoms with Gasteiger partial charge in [-0.05, 0) is 42.9 Å². The molecule has 1 aromatic rings. The molecular formula is C14H19NO2. The van der Waals surface area contributed by atoms with Gasteiger partial charge in [-0.15, -0.1) is 0 Å². The van der Waals surface area contributed by atoms with Crippen LogP contribution in [0.1, 0.15) is 42.1 Å². The van der Waals surface area contributed by atoms with E-state index in [-0.39, 0.29) is 17.1 Å². The number of aromatic hydroxyl groups is 1. The van der Waals surface area contributed by atoms with Crippen molar-refractivity contribution in [3.63, 3.8) is 0 Å². The van der Waals surface area contributed by atoms with Crippen molar-refractivity contribution in [2.24, 2.45) is 5.41 Å². The molecule has 0 unspecified atom stereocenters. The highest BCUT2D eigenvalue weighted by atomic mass is 16.3. The third-order valence-corrected chi connectivity index (χ3v) is 3.71. The molecule has 0 aliphatic heterocycles. The molecule has 17 heavy (non-hydrogen) atoms. The van der Waals surface area contributed by atoms with E-state index in [1.807, 2.05) is 6.92 Å². The Morgan fingerprint density at radius 3 is 2.71 bits per heavy atom. The summed E-state index contributed by atoms with van der Waals surface area (Å²) in [5.41, 5.74) is 1.59. The third kappa shape index (κ3) is 2.60. The van der Waals surface area contributed by atoms with E-state index >= 15 is 0 Å². The van der Waals surface area contributed by atoms with Crippen molar-refractivity contribution in [1.82, 2.24) is 5.32 Å². The van der Waals surface area contributed by atoms with Gasteiger partial charge in [0.2, 0.25) is 0 Å². The summed E-state index contributed by atoms with van der Waals surface area (Å²) < 4.78 is 0. The Labute approximate surface area is 102 Å². The summed E-state index contributed by atoms with van der Waals surface area (Å²) in [6.07, 6.45) is 3.64. The molecule has 1 aliphatic carbocycles. The van der Waals surface area contributed by atoms with Crippen molar-refractivity contribution in [3.05, 3.63) is 29.3 Å². The number of benzene rings is 1. The van der Waals surface area contributed by atoms with E-state index in [4.69, 9.17) is 0 Å². The second-order valence-electron chi connectivity index (χ2n) is 5.35. The summed E-state index contributed by atoms with van der Waals surface area (Å²) in [6.45, 7) is 4.73. The smallest absolute Gasteiger partial charge is 0.251 e. The van der Waals surface area contributed by atoms with Crippen LogP contribution in [0.5, 0.6) is 5.75 Å². The van der Waals surface area contributed by atoms with Crippen LogP contribution in [0.15, 0.2) is 18.2 Å². The predicted molar refractivity (Wildman–Crippen MR) is 67.1 cm³/mol. The highest BCUT2D eigenvalue weighted by Gasteiger charge is 2.31. The summed E-state index contributed by atoms with van der Waals surface area (Å²) >= 11 is 0. The Morgan fingerprint density at radius 2 is 2.18 bits per heavy atom. The lowest BCUT2D eigenvalue weighted by atomic mass is 9.70. The van der Waals surface area contributed by atoms with E-state index in [1.54, 1.807) is 12.1 Å². The van der Waals surface area contributed by atoms with Crippen LogP contribution in [0.2, 0.25) is 0 Å². The zero-order valence-corrected chi connectivity index (χ0v) is 10.4. The number of carbonyl (C=O) groups is 1. The third-order valence-electron chi connectivity index (χ3n) is 3.71. The van der Waals surface area contributed by atoms with E-state index in [2.05, 4.69) is 12.2 Å². The standard InChI is InChI=1S/C14H19NO2/c1-10-4-5-11(8-12(10)16)13(17)15-9-14(2)6-3-7-14/h4-5,8,16H,3,6-7,9H2,1-2H3,(H,15,17). The van der Waals surface area contributed by atoms with Gasteiger partial charge < -0.3 is 10.4 Å². The van der Waals surface area contributed by atoms with Crippen molar-refractivity contribution in [2.75, 3.05) is 6.54 Å². The van der Waals surface area contributed by atoms with Crippen LogP contribution in [-0.4, -0.2) is 17.6 Å². The molecule has 3 heteroatoms. The molecule has 1 aromatic carbocycles. The summed E-state index contributed by atoms with van der Waals surface area (Å²) in [4.78, 5) is 11.9. The molecule has 0 aromatic heterocycles. The molecule has 1 saturated carbocycles. The Kier molecular flexibility index (Phi) is 3.09. The van der Waals surface area contributed by atoms with E-state index < -0.39 is 0 Å². The van der Waals surface area contributed by atoms with Crippen molar-refractivity contribution in [3.8, 4) is 5.75 Å². The number of amides is 1. The Morgan fingerprint density at radius 1 is 1.47 bits per heavy atom. The molecular weight excluding hydrogens is 214 g/mol. The summed E-state index contributed by atoms with van der Waals surface area (Å²) in [7, 11) is 0. The number of aryl methyl sites for hydroxylation is 1. The van der Waals surface area contributed by atoms with Crippen molar-refractivity contribution in [2.45, 2.75) is 33.1 Å². The van der Waals surface area contributed by atoms with Crippen LogP contribution in [0.4, 0.5) is 0 Å². The average molecular weight is 233 g/mol. The Balaban J connectivity index is 1.97.